The first-order chi connectivity index (χ1) is 11.2. The van der Waals surface area contributed by atoms with Crippen molar-refractivity contribution in [1.29, 1.82) is 0 Å². The van der Waals surface area contributed by atoms with Crippen LogP contribution < -0.4 is 10.6 Å². The Balaban J connectivity index is 1.60. The molecule has 0 amide bonds. The molecule has 2 aromatic rings. The Hall–Kier alpha value is -2.47. The van der Waals surface area contributed by atoms with Gasteiger partial charge in [-0.05, 0) is 36.0 Å². The summed E-state index contributed by atoms with van der Waals surface area (Å²) in [7, 11) is 0. The van der Waals surface area contributed by atoms with Gasteiger partial charge in [0.25, 0.3) is 0 Å². The number of hydrogen-bond donors (Lipinski definition) is 2. The summed E-state index contributed by atoms with van der Waals surface area (Å²) < 4.78 is 13.2. The first-order valence-electron chi connectivity index (χ1n) is 7.39. The molecule has 0 spiro atoms. The number of anilines is 1. The van der Waals surface area contributed by atoms with Crippen molar-refractivity contribution in [1.82, 2.24) is 10.2 Å². The smallest absolute Gasteiger partial charge is 0.200 e. The summed E-state index contributed by atoms with van der Waals surface area (Å²) in [6, 6.07) is 16.3. The average molecular weight is 328 g/mol. The summed E-state index contributed by atoms with van der Waals surface area (Å²) in [6.07, 6.45) is 0. The van der Waals surface area contributed by atoms with Crippen molar-refractivity contribution in [3.8, 4) is 0 Å². The summed E-state index contributed by atoms with van der Waals surface area (Å²) in [6.45, 7) is 2.07. The Kier molecular flexibility index (Phi) is 4.83. The molecule has 0 fully saturated rings. The third-order valence-corrected chi connectivity index (χ3v) is 3.78. The fourth-order valence-electron chi connectivity index (χ4n) is 2.33. The number of rotatable bonds is 3. The summed E-state index contributed by atoms with van der Waals surface area (Å²) in [5.74, 6) is 0.443. The van der Waals surface area contributed by atoms with Gasteiger partial charge >= 0.3 is 0 Å². The molecule has 0 aliphatic carbocycles. The van der Waals surface area contributed by atoms with Crippen molar-refractivity contribution in [2.75, 3.05) is 18.4 Å². The SMILES string of the molecule is Fc1cccc(NC(=S)N2CCN=C2NCc2ccccc2)c1. The quantitative estimate of drug-likeness (QED) is 0.850. The van der Waals surface area contributed by atoms with Crippen molar-refractivity contribution in [2.24, 2.45) is 4.99 Å². The van der Waals surface area contributed by atoms with Crippen molar-refractivity contribution >= 4 is 29.0 Å². The lowest BCUT2D eigenvalue weighted by Gasteiger charge is -2.22. The van der Waals surface area contributed by atoms with Crippen LogP contribution in [0.15, 0.2) is 59.6 Å². The number of halogens is 1. The number of guanidine groups is 1. The van der Waals surface area contributed by atoms with E-state index < -0.39 is 0 Å². The Labute approximate surface area is 140 Å². The van der Waals surface area contributed by atoms with Gasteiger partial charge < -0.3 is 10.6 Å². The predicted molar refractivity (Wildman–Crippen MR) is 94.9 cm³/mol. The Morgan fingerprint density at radius 3 is 2.78 bits per heavy atom. The molecule has 6 heteroatoms. The first-order valence-corrected chi connectivity index (χ1v) is 7.79. The maximum absolute atomic E-state index is 13.2. The monoisotopic (exact) mass is 328 g/mol. The van der Waals surface area contributed by atoms with Crippen LogP contribution in [-0.4, -0.2) is 29.1 Å². The molecule has 2 N–H and O–H groups in total. The fraction of sp³-hybridized carbons (Fsp3) is 0.176. The molecule has 23 heavy (non-hydrogen) atoms. The van der Waals surface area contributed by atoms with Gasteiger partial charge in [-0.3, -0.25) is 9.89 Å². The van der Waals surface area contributed by atoms with Crippen molar-refractivity contribution in [3.63, 3.8) is 0 Å². The van der Waals surface area contributed by atoms with E-state index in [9.17, 15) is 4.39 Å². The van der Waals surface area contributed by atoms with Crippen LogP contribution >= 0.6 is 12.2 Å². The highest BCUT2D eigenvalue weighted by molar-refractivity contribution is 7.80. The normalized spacial score (nSPS) is 13.6. The zero-order chi connectivity index (χ0) is 16.1. The number of hydrogen-bond acceptors (Lipinski definition) is 3. The third kappa shape index (κ3) is 4.04. The minimum Gasteiger partial charge on any atom is -0.352 e. The molecular formula is C17H17FN4S. The van der Waals surface area contributed by atoms with Gasteiger partial charge in [-0.25, -0.2) is 4.39 Å². The second-order valence-corrected chi connectivity index (χ2v) is 5.52. The van der Waals surface area contributed by atoms with Crippen LogP contribution in [0.2, 0.25) is 0 Å². The second kappa shape index (κ2) is 7.19. The van der Waals surface area contributed by atoms with Gasteiger partial charge in [0.05, 0.1) is 6.54 Å². The molecule has 1 heterocycles. The largest absolute Gasteiger partial charge is 0.352 e. The Morgan fingerprint density at radius 2 is 2.00 bits per heavy atom. The Bertz CT molecular complexity index is 718. The van der Waals surface area contributed by atoms with Crippen molar-refractivity contribution < 1.29 is 4.39 Å². The van der Waals surface area contributed by atoms with Gasteiger partial charge in [0.15, 0.2) is 5.11 Å². The van der Waals surface area contributed by atoms with Crippen LogP contribution in [0.25, 0.3) is 0 Å². The first kappa shape index (κ1) is 15.4. The molecule has 0 unspecified atom stereocenters. The van der Waals surface area contributed by atoms with E-state index in [1.54, 1.807) is 12.1 Å². The molecular weight excluding hydrogens is 311 g/mol. The van der Waals surface area contributed by atoms with E-state index >= 15 is 0 Å². The standard InChI is InChI=1S/C17H17FN4S/c18-14-7-4-8-15(11-14)21-17(23)22-10-9-19-16(22)20-12-13-5-2-1-3-6-13/h1-8,11H,9-10,12H2,(H,19,20)(H,21,23). The Morgan fingerprint density at radius 1 is 1.17 bits per heavy atom. The lowest BCUT2D eigenvalue weighted by molar-refractivity contribution is 0.628. The van der Waals surface area contributed by atoms with E-state index in [1.165, 1.54) is 17.7 Å². The average Bonchev–Trinajstić information content (AvgIpc) is 3.02. The molecule has 0 aromatic heterocycles. The van der Waals surface area contributed by atoms with Gasteiger partial charge in [-0.1, -0.05) is 36.4 Å². The zero-order valence-corrected chi connectivity index (χ0v) is 13.3. The van der Waals surface area contributed by atoms with Crippen LogP contribution in [0.3, 0.4) is 0 Å². The van der Waals surface area contributed by atoms with Crippen LogP contribution in [0.4, 0.5) is 10.1 Å². The number of benzene rings is 2. The predicted octanol–water partition coefficient (Wildman–Crippen LogP) is 2.98. The highest BCUT2D eigenvalue weighted by Crippen LogP contribution is 2.12. The minimum atomic E-state index is -0.296. The summed E-state index contributed by atoms with van der Waals surface area (Å²) in [5, 5.41) is 6.86. The van der Waals surface area contributed by atoms with Gasteiger partial charge in [-0.2, -0.15) is 0 Å². The molecule has 0 radical (unpaired) electrons. The lowest BCUT2D eigenvalue weighted by Crippen LogP contribution is -2.44. The molecule has 1 aliphatic rings. The van der Waals surface area contributed by atoms with E-state index in [0.717, 1.165) is 5.96 Å². The van der Waals surface area contributed by atoms with E-state index in [-0.39, 0.29) is 5.82 Å². The van der Waals surface area contributed by atoms with E-state index in [4.69, 9.17) is 12.2 Å². The minimum absolute atomic E-state index is 0.296. The second-order valence-electron chi connectivity index (χ2n) is 5.14. The van der Waals surface area contributed by atoms with Crippen LogP contribution in [0.5, 0.6) is 0 Å². The van der Waals surface area contributed by atoms with Crippen LogP contribution in [0.1, 0.15) is 5.56 Å². The maximum Gasteiger partial charge on any atom is 0.200 e. The number of nitrogens with zero attached hydrogens (tertiary/aromatic N) is 2. The molecule has 1 aliphatic heterocycles. The van der Waals surface area contributed by atoms with Gasteiger partial charge in [-0.15, -0.1) is 0 Å². The number of aliphatic imine (C=N–C) groups is 1. The summed E-state index contributed by atoms with van der Waals surface area (Å²) in [4.78, 5) is 6.33. The zero-order valence-electron chi connectivity index (χ0n) is 12.5. The molecule has 0 atom stereocenters. The molecule has 3 rings (SSSR count). The molecule has 0 bridgehead atoms. The van der Waals surface area contributed by atoms with Gasteiger partial charge in [0.2, 0.25) is 5.96 Å². The topological polar surface area (TPSA) is 39.7 Å². The molecule has 4 nitrogen and oxygen atoms in total. The van der Waals surface area contributed by atoms with Gasteiger partial charge in [0, 0.05) is 18.8 Å². The number of nitrogens with one attached hydrogen (secondary N) is 2. The van der Waals surface area contributed by atoms with Crippen molar-refractivity contribution in [3.05, 3.63) is 66.0 Å². The van der Waals surface area contributed by atoms with E-state index in [1.807, 2.05) is 23.1 Å². The third-order valence-electron chi connectivity index (χ3n) is 3.46. The highest BCUT2D eigenvalue weighted by Gasteiger charge is 2.20. The maximum atomic E-state index is 13.2. The highest BCUT2D eigenvalue weighted by atomic mass is 32.1. The fourth-order valence-corrected chi connectivity index (χ4v) is 2.63. The van der Waals surface area contributed by atoms with Crippen molar-refractivity contribution in [2.45, 2.75) is 6.54 Å². The lowest BCUT2D eigenvalue weighted by atomic mass is 10.2. The van der Waals surface area contributed by atoms with E-state index in [0.29, 0.717) is 30.4 Å². The molecule has 0 saturated carbocycles. The molecule has 0 saturated heterocycles. The van der Waals surface area contributed by atoms with Gasteiger partial charge in [0.1, 0.15) is 5.82 Å². The molecule has 2 aromatic carbocycles. The summed E-state index contributed by atoms with van der Waals surface area (Å²) >= 11 is 5.42. The van der Waals surface area contributed by atoms with Crippen LogP contribution in [0, 0.1) is 5.82 Å². The molecule has 118 valence electrons. The number of thiocarbonyl (C=S) groups is 1. The summed E-state index contributed by atoms with van der Waals surface area (Å²) in [5.41, 5.74) is 1.80. The van der Waals surface area contributed by atoms with Crippen LogP contribution in [-0.2, 0) is 6.54 Å². The van der Waals surface area contributed by atoms with E-state index in [2.05, 4.69) is 27.8 Å².